The molecule has 1 fully saturated rings. The van der Waals surface area contributed by atoms with Gasteiger partial charge in [-0.1, -0.05) is 32.3 Å². The SMILES string of the molecule is C=CCCCCCC.[CH2-][N+](C)=C(C)c1cc(N2CCCC2)cc(C(C)=NC)n1.[CH3-].[CH3-].[Co+3]. The van der Waals surface area contributed by atoms with Gasteiger partial charge in [0, 0.05) is 31.5 Å². The van der Waals surface area contributed by atoms with Crippen molar-refractivity contribution in [2.24, 2.45) is 4.99 Å². The predicted octanol–water partition coefficient (Wildman–Crippen LogP) is 6.40. The zero-order chi connectivity index (χ0) is 20.9. The monoisotopic (exact) mass is 473 g/mol. The number of aromatic nitrogens is 1. The molecule has 2 rings (SSSR count). The van der Waals surface area contributed by atoms with E-state index in [-0.39, 0.29) is 31.6 Å². The minimum absolute atomic E-state index is 0. The Kier molecular flexibility index (Phi) is 21.0. The minimum Gasteiger partial charge on any atom is -0.371 e. The van der Waals surface area contributed by atoms with Crippen molar-refractivity contribution >= 4 is 17.1 Å². The van der Waals surface area contributed by atoms with E-state index in [2.05, 4.69) is 42.6 Å². The maximum Gasteiger partial charge on any atom is 3.00 e. The van der Waals surface area contributed by atoms with E-state index < -0.39 is 0 Å². The molecule has 31 heavy (non-hydrogen) atoms. The zero-order valence-electron chi connectivity index (χ0n) is 21.1. The third-order valence-electron chi connectivity index (χ3n) is 5.19. The summed E-state index contributed by atoms with van der Waals surface area (Å²) in [6.45, 7) is 12.2. The van der Waals surface area contributed by atoms with Crippen LogP contribution in [-0.4, -0.2) is 48.2 Å². The topological polar surface area (TPSA) is 31.5 Å². The molecule has 0 saturated carbocycles. The summed E-state index contributed by atoms with van der Waals surface area (Å²) in [6.07, 6.45) is 11.2. The fourth-order valence-electron chi connectivity index (χ4n) is 3.07. The summed E-state index contributed by atoms with van der Waals surface area (Å²) in [6, 6.07) is 4.31. The summed E-state index contributed by atoms with van der Waals surface area (Å²) in [7, 11) is 7.70. The van der Waals surface area contributed by atoms with Gasteiger partial charge in [0.25, 0.3) is 0 Å². The molecule has 5 heteroatoms. The van der Waals surface area contributed by atoms with Crippen molar-refractivity contribution in [3.05, 3.63) is 58.1 Å². The third-order valence-corrected chi connectivity index (χ3v) is 5.19. The minimum atomic E-state index is 0. The molecule has 4 nitrogen and oxygen atoms in total. The molecule has 0 N–H and O–H groups in total. The van der Waals surface area contributed by atoms with Gasteiger partial charge in [-0.2, -0.15) is 0 Å². The summed E-state index contributed by atoms with van der Waals surface area (Å²) in [5.41, 5.74) is 5.20. The molecule has 2 heterocycles. The summed E-state index contributed by atoms with van der Waals surface area (Å²) in [4.78, 5) is 11.4. The summed E-state index contributed by atoms with van der Waals surface area (Å²) < 4.78 is 1.86. The Morgan fingerprint density at radius 1 is 1.16 bits per heavy atom. The maximum absolute atomic E-state index is 4.72. The quantitative estimate of drug-likeness (QED) is 0.144. The van der Waals surface area contributed by atoms with Crippen LogP contribution in [0.25, 0.3) is 0 Å². The molecule has 1 aromatic rings. The summed E-state index contributed by atoms with van der Waals surface area (Å²) in [5, 5.41) is 0. The number of hydrogen-bond acceptors (Lipinski definition) is 3. The molecule has 1 aliphatic rings. The van der Waals surface area contributed by atoms with E-state index in [1.807, 2.05) is 38.6 Å². The van der Waals surface area contributed by atoms with Crippen LogP contribution in [0.2, 0.25) is 0 Å². The van der Waals surface area contributed by atoms with Gasteiger partial charge in [0.15, 0.2) is 0 Å². The summed E-state index contributed by atoms with van der Waals surface area (Å²) in [5.74, 6) is 0. The van der Waals surface area contributed by atoms with Crippen LogP contribution < -0.4 is 4.90 Å². The van der Waals surface area contributed by atoms with Crippen LogP contribution in [0.15, 0.2) is 29.8 Å². The predicted molar refractivity (Wildman–Crippen MR) is 137 cm³/mol. The first-order valence-electron chi connectivity index (χ1n) is 10.6. The van der Waals surface area contributed by atoms with Crippen molar-refractivity contribution in [3.8, 4) is 0 Å². The van der Waals surface area contributed by atoms with Crippen LogP contribution in [0.1, 0.15) is 77.1 Å². The average molecular weight is 474 g/mol. The number of pyridine rings is 1. The number of rotatable bonds is 8. The van der Waals surface area contributed by atoms with Gasteiger partial charge in [-0.3, -0.25) is 9.98 Å². The van der Waals surface area contributed by atoms with Crippen LogP contribution >= 0.6 is 0 Å². The van der Waals surface area contributed by atoms with Crippen molar-refractivity contribution < 1.29 is 21.4 Å². The molecule has 0 unspecified atom stereocenters. The Morgan fingerprint density at radius 3 is 2.23 bits per heavy atom. The second kappa shape index (κ2) is 19.1. The molecule has 178 valence electrons. The largest absolute Gasteiger partial charge is 3.00 e. The number of aliphatic imine (C=N–C) groups is 1. The Bertz CT molecular complexity index is 670. The van der Waals surface area contributed by atoms with Gasteiger partial charge in [-0.05, 0) is 58.7 Å². The first-order chi connectivity index (χ1) is 13.4. The van der Waals surface area contributed by atoms with Gasteiger partial charge in [0.1, 0.15) is 7.05 Å². The van der Waals surface area contributed by atoms with Gasteiger partial charge < -0.3 is 24.3 Å². The zero-order valence-corrected chi connectivity index (χ0v) is 22.2. The summed E-state index contributed by atoms with van der Waals surface area (Å²) >= 11 is 0. The van der Waals surface area contributed by atoms with Crippen LogP contribution in [0.4, 0.5) is 5.69 Å². The molecular weight excluding hydrogens is 427 g/mol. The Labute approximate surface area is 204 Å². The van der Waals surface area contributed by atoms with E-state index in [4.69, 9.17) is 4.98 Å². The molecule has 0 aliphatic carbocycles. The Hall–Kier alpha value is -1.59. The molecule has 1 aliphatic heterocycles. The van der Waals surface area contributed by atoms with Crippen LogP contribution in [0, 0.1) is 21.9 Å². The van der Waals surface area contributed by atoms with Crippen molar-refractivity contribution in [2.45, 2.75) is 65.7 Å². The van der Waals surface area contributed by atoms with Crippen LogP contribution in [0.5, 0.6) is 0 Å². The van der Waals surface area contributed by atoms with E-state index >= 15 is 0 Å². The first-order valence-corrected chi connectivity index (χ1v) is 10.6. The normalized spacial score (nSPS) is 13.6. The molecule has 0 atom stereocenters. The van der Waals surface area contributed by atoms with Crippen molar-refractivity contribution in [1.29, 1.82) is 0 Å². The molecule has 1 saturated heterocycles. The fraction of sp³-hybridized carbons (Fsp3) is 0.538. The van der Waals surface area contributed by atoms with E-state index in [1.165, 1.54) is 50.6 Å². The Morgan fingerprint density at radius 2 is 1.74 bits per heavy atom. The number of unbranched alkanes of at least 4 members (excludes halogenated alkanes) is 4. The molecule has 0 aromatic carbocycles. The fourth-order valence-corrected chi connectivity index (χ4v) is 3.07. The van der Waals surface area contributed by atoms with E-state index in [0.717, 1.165) is 35.9 Å². The van der Waals surface area contributed by atoms with E-state index in [0.29, 0.717) is 0 Å². The van der Waals surface area contributed by atoms with Crippen molar-refractivity contribution in [3.63, 3.8) is 0 Å². The number of nitrogens with zero attached hydrogens (tertiary/aromatic N) is 4. The second-order valence-corrected chi connectivity index (χ2v) is 7.52. The standard InChI is InChI=1S/C16H24N4.C8H16.2CH3.Co/c1-12(17-3)15-10-14(20-8-6-7-9-20)11-16(18-15)13(2)19(4)5;1-3-5-7-8-6-4-2;;;/h10-11H,4,6-9H2,1-3,5H3;3H,1,4-8H2,2H3;2*1H3;/q;;2*-1;+3. The van der Waals surface area contributed by atoms with Gasteiger partial charge in [0.2, 0.25) is 0 Å². The third kappa shape index (κ3) is 12.1. The molecule has 0 spiro atoms. The first kappa shape index (κ1) is 34.0. The average Bonchev–Trinajstić information content (AvgIpc) is 3.25. The van der Waals surface area contributed by atoms with Gasteiger partial charge in [-0.25, -0.2) is 0 Å². The molecular formula is C26H46CoN4+. The maximum atomic E-state index is 4.72. The molecule has 0 amide bonds. The van der Waals surface area contributed by atoms with Crippen molar-refractivity contribution in [2.75, 3.05) is 32.1 Å². The number of hydrogen-bond donors (Lipinski definition) is 0. The van der Waals surface area contributed by atoms with E-state index in [1.54, 1.807) is 0 Å². The second-order valence-electron chi connectivity index (χ2n) is 7.52. The Balaban J connectivity index is -0.000000620. The van der Waals surface area contributed by atoms with Crippen LogP contribution in [0.3, 0.4) is 0 Å². The molecule has 0 radical (unpaired) electrons. The van der Waals surface area contributed by atoms with Gasteiger partial charge in [0.05, 0.1) is 17.1 Å². The number of allylic oxidation sites excluding steroid dienone is 1. The number of anilines is 1. The van der Waals surface area contributed by atoms with Gasteiger partial charge >= 0.3 is 16.8 Å². The molecule has 1 aromatic heterocycles. The van der Waals surface area contributed by atoms with E-state index in [9.17, 15) is 0 Å². The van der Waals surface area contributed by atoms with Crippen LogP contribution in [-0.2, 0) is 16.8 Å². The van der Waals surface area contributed by atoms with Crippen molar-refractivity contribution in [1.82, 2.24) is 4.98 Å². The smallest absolute Gasteiger partial charge is 0.371 e. The van der Waals surface area contributed by atoms with Gasteiger partial charge in [-0.15, -0.1) is 6.58 Å². The molecule has 0 bridgehead atoms.